The minimum Gasteiger partial charge on any atom is -0.475 e. The van der Waals surface area contributed by atoms with E-state index < -0.39 is 29.1 Å². The highest BCUT2D eigenvalue weighted by molar-refractivity contribution is 7.08. The molecule has 0 bridgehead atoms. The van der Waals surface area contributed by atoms with E-state index in [2.05, 4.69) is 65.8 Å². The van der Waals surface area contributed by atoms with E-state index in [0.717, 1.165) is 55.6 Å². The lowest BCUT2D eigenvalue weighted by Gasteiger charge is -2.29. The van der Waals surface area contributed by atoms with Crippen LogP contribution in [-0.2, 0) is 32.8 Å². The second kappa shape index (κ2) is 31.4. The van der Waals surface area contributed by atoms with Crippen molar-refractivity contribution in [2.75, 3.05) is 0 Å². The molecular formula is C54H72F3N9O5S3. The van der Waals surface area contributed by atoms with Gasteiger partial charge in [-0.05, 0) is 169 Å². The van der Waals surface area contributed by atoms with Crippen LogP contribution in [0.25, 0.3) is 10.4 Å². The van der Waals surface area contributed by atoms with Crippen LogP contribution in [0, 0.1) is 48.4 Å². The van der Waals surface area contributed by atoms with Gasteiger partial charge >= 0.3 is 12.1 Å². The molecule has 5 saturated carbocycles. The summed E-state index contributed by atoms with van der Waals surface area (Å²) < 4.78 is 33.5. The number of azide groups is 1. The van der Waals surface area contributed by atoms with Gasteiger partial charge in [0, 0.05) is 33.9 Å². The standard InChI is InChI=1S/C19H26N4OS.C15H20S.C9H15N.C5H4OS.C4H6N4O.C2HF3O2/c20-18(24)19(9-10-19)23-12-17(21-22-23)16(15-4-2-1-3-5-15)7-6-14-8-11-25-13-14;1-2-14(15-6-4-3-5-7-15)9-8-13-10-11-16-12-13;1-2-9(10)8-6-4-3-5-7-8;6-3-5-1-2-7-4-5;5-3(9)4(1-2-4)7-8-6;3-2(4,5)1(6)7/h8,11-13,15-16H,1-7,9-10H2,(H2,20,24);1,10-12,14-15H,3-9H2;1,8-9H,3-7,10H2;1-4H;1-2H2,(H2,5,9);(H,6,7)/t16-;14-;9-;;;/m001.../s1. The maximum atomic E-state index is 11.8. The molecule has 0 unspecified atom stereocenters. The summed E-state index contributed by atoms with van der Waals surface area (Å²) in [6.45, 7) is 0. The predicted molar refractivity (Wildman–Crippen MR) is 287 cm³/mol. The zero-order valence-corrected chi connectivity index (χ0v) is 44.5. The summed E-state index contributed by atoms with van der Waals surface area (Å²) in [5.41, 5.74) is 27.4. The molecule has 0 aromatic carbocycles. The summed E-state index contributed by atoms with van der Waals surface area (Å²) in [6, 6.07) is 6.24. The average Bonchev–Trinajstić information content (AvgIpc) is 3.91. The molecule has 74 heavy (non-hydrogen) atoms. The van der Waals surface area contributed by atoms with E-state index in [1.54, 1.807) is 33.4 Å². The highest BCUT2D eigenvalue weighted by Gasteiger charge is 2.52. The molecule has 5 fully saturated rings. The molecule has 402 valence electrons. The molecule has 2 amide bonds. The number of hydrogen-bond donors (Lipinski definition) is 4. The molecule has 7 N–H and O–H groups in total. The van der Waals surface area contributed by atoms with Crippen molar-refractivity contribution in [2.24, 2.45) is 46.0 Å². The van der Waals surface area contributed by atoms with Crippen LogP contribution >= 0.6 is 34.0 Å². The molecule has 4 aromatic rings. The Morgan fingerprint density at radius 1 is 0.797 bits per heavy atom. The topological polar surface area (TPSA) is 246 Å². The quantitative estimate of drug-likeness (QED) is 0.0292. The van der Waals surface area contributed by atoms with Gasteiger partial charge in [0.1, 0.15) is 11.1 Å². The average molecular weight is 1080 g/mol. The Morgan fingerprint density at radius 3 is 1.66 bits per heavy atom. The van der Waals surface area contributed by atoms with Crippen molar-refractivity contribution in [3.8, 4) is 24.7 Å². The summed E-state index contributed by atoms with van der Waals surface area (Å²) in [6.07, 6.45) is 35.9. The molecule has 4 heterocycles. The molecule has 5 aliphatic rings. The van der Waals surface area contributed by atoms with Crippen LogP contribution in [0.3, 0.4) is 0 Å². The van der Waals surface area contributed by atoms with Crippen LogP contribution in [0.1, 0.15) is 168 Å². The first kappa shape index (κ1) is 61.1. The number of carbonyl (C=O) groups excluding carboxylic acids is 3. The molecule has 0 saturated heterocycles. The van der Waals surface area contributed by atoms with Gasteiger partial charge in [0.05, 0.1) is 11.7 Å². The monoisotopic (exact) mass is 1080 g/mol. The summed E-state index contributed by atoms with van der Waals surface area (Å²) in [5.74, 6) is 5.14. The number of nitrogens with two attached hydrogens (primary N) is 3. The van der Waals surface area contributed by atoms with Crippen molar-refractivity contribution in [3.05, 3.63) is 89.5 Å². The van der Waals surface area contributed by atoms with Crippen LogP contribution in [0.15, 0.2) is 61.8 Å². The Labute approximate surface area is 445 Å². The van der Waals surface area contributed by atoms with Crippen LogP contribution in [-0.4, -0.2) is 61.9 Å². The number of aliphatic carboxylic acids is 1. The van der Waals surface area contributed by atoms with Gasteiger partial charge in [-0.25, -0.2) is 9.48 Å². The third-order valence-corrected chi connectivity index (χ3v) is 16.7. The Hall–Kier alpha value is -5.50. The number of rotatable bonds is 15. The Balaban J connectivity index is 0.000000208. The first-order valence-corrected chi connectivity index (χ1v) is 28.4. The Bertz CT molecular complexity index is 2400. The van der Waals surface area contributed by atoms with Crippen LogP contribution in [0.4, 0.5) is 13.2 Å². The molecule has 0 aliphatic heterocycles. The van der Waals surface area contributed by atoms with Gasteiger partial charge in [0.2, 0.25) is 11.8 Å². The maximum absolute atomic E-state index is 11.8. The van der Waals surface area contributed by atoms with E-state index in [-0.39, 0.29) is 11.9 Å². The van der Waals surface area contributed by atoms with Crippen LogP contribution in [0.2, 0.25) is 0 Å². The Morgan fingerprint density at radius 2 is 1.30 bits per heavy atom. The maximum Gasteiger partial charge on any atom is 0.490 e. The van der Waals surface area contributed by atoms with Gasteiger partial charge in [-0.2, -0.15) is 47.2 Å². The fraction of sp³-hybridized carbons (Fsp3) is 0.593. The molecular weight excluding hydrogens is 1010 g/mol. The Kier molecular flexibility index (Phi) is 25.9. The fourth-order valence-electron chi connectivity index (χ4n) is 9.60. The van der Waals surface area contributed by atoms with Crippen molar-refractivity contribution in [3.63, 3.8) is 0 Å². The van der Waals surface area contributed by atoms with Gasteiger partial charge in [-0.1, -0.05) is 74.0 Å². The highest BCUT2D eigenvalue weighted by atomic mass is 32.1. The van der Waals surface area contributed by atoms with Gasteiger partial charge in [-0.3, -0.25) is 14.4 Å². The lowest BCUT2D eigenvalue weighted by molar-refractivity contribution is -0.192. The molecule has 20 heteroatoms. The molecule has 4 aromatic heterocycles. The second-order valence-corrected chi connectivity index (χ2v) is 22.0. The number of hydrogen-bond acceptors (Lipinski definition) is 11. The van der Waals surface area contributed by atoms with E-state index in [4.69, 9.17) is 45.5 Å². The number of carboxylic acid groups (broad SMARTS) is 1. The van der Waals surface area contributed by atoms with Crippen molar-refractivity contribution < 1.29 is 37.5 Å². The molecule has 3 atom stereocenters. The molecule has 14 nitrogen and oxygen atoms in total. The summed E-state index contributed by atoms with van der Waals surface area (Å²) >= 11 is 5.07. The summed E-state index contributed by atoms with van der Waals surface area (Å²) in [7, 11) is 0. The number of aldehydes is 1. The SMILES string of the molecule is C#C[C@@H](CCc1ccsc1)C1CCCCC1.C#C[C@@H](N)C1CCCCC1.NC(=O)C1(n2cc([C@@H](CCc3ccsc3)C3CCCCC3)nn2)CC1.O=C(O)C(F)(F)F.O=Cc1ccsc1.[N-]=[N+]=NC1(C(N)=O)CC1. The number of aryl methyl sites for hydroxylation is 2. The van der Waals surface area contributed by atoms with Crippen molar-refractivity contribution in [1.29, 1.82) is 0 Å². The van der Waals surface area contributed by atoms with Gasteiger partial charge in [-0.15, -0.1) is 23.9 Å². The third-order valence-electron chi connectivity index (χ3n) is 14.5. The van der Waals surface area contributed by atoms with E-state index in [1.165, 1.54) is 125 Å². The molecule has 0 spiro atoms. The largest absolute Gasteiger partial charge is 0.490 e. The number of primary amides is 2. The highest BCUT2D eigenvalue weighted by Crippen LogP contribution is 2.44. The number of halogens is 3. The predicted octanol–water partition coefficient (Wildman–Crippen LogP) is 12.2. The van der Waals surface area contributed by atoms with Gasteiger partial charge in [0.15, 0.2) is 6.29 Å². The smallest absolute Gasteiger partial charge is 0.475 e. The zero-order valence-electron chi connectivity index (χ0n) is 42.1. The van der Waals surface area contributed by atoms with Crippen molar-refractivity contribution in [2.45, 2.75) is 177 Å². The molecule has 9 rings (SSSR count). The van der Waals surface area contributed by atoms with E-state index in [1.807, 2.05) is 17.0 Å². The van der Waals surface area contributed by atoms with Crippen molar-refractivity contribution in [1.82, 2.24) is 15.0 Å². The first-order valence-electron chi connectivity index (χ1n) is 25.6. The number of terminal acetylenes is 2. The van der Waals surface area contributed by atoms with Gasteiger partial charge < -0.3 is 22.3 Å². The number of amides is 2. The second-order valence-electron chi connectivity index (χ2n) is 19.7. The zero-order chi connectivity index (χ0) is 54.0. The number of carbonyl (C=O) groups is 4. The normalized spacial score (nSPS) is 18.8. The minimum atomic E-state index is -5.08. The number of aromatic nitrogens is 3. The van der Waals surface area contributed by atoms with Crippen LogP contribution < -0.4 is 17.2 Å². The van der Waals surface area contributed by atoms with E-state index in [9.17, 15) is 27.6 Å². The fourth-order valence-corrected chi connectivity index (χ4v) is 11.6. The lowest BCUT2D eigenvalue weighted by Crippen LogP contribution is -2.34. The number of thiophene rings is 3. The number of alkyl halides is 3. The number of carboxylic acids is 1. The van der Waals surface area contributed by atoms with Crippen molar-refractivity contribution >= 4 is 58.1 Å². The molecule has 0 radical (unpaired) electrons. The minimum absolute atomic E-state index is 0.0142. The molecule has 5 aliphatic carbocycles. The number of nitrogens with zero attached hydrogens (tertiary/aromatic N) is 6. The first-order chi connectivity index (χ1) is 35.5. The summed E-state index contributed by atoms with van der Waals surface area (Å²) in [4.78, 5) is 43.5. The third kappa shape index (κ3) is 20.3. The van der Waals surface area contributed by atoms with Gasteiger partial charge in [0.25, 0.3) is 0 Å². The lowest BCUT2D eigenvalue weighted by atomic mass is 9.76. The summed E-state index contributed by atoms with van der Waals surface area (Å²) in [5, 5.41) is 31.7. The van der Waals surface area contributed by atoms with Crippen LogP contribution in [0.5, 0.6) is 0 Å². The van der Waals surface area contributed by atoms with E-state index in [0.29, 0.717) is 36.5 Å². The van der Waals surface area contributed by atoms with E-state index >= 15 is 0 Å².